The first-order valence-electron chi connectivity index (χ1n) is 10.4. The van der Waals surface area contributed by atoms with Gasteiger partial charge in [0.25, 0.3) is 10.0 Å². The molecule has 0 bridgehead atoms. The second-order valence-corrected chi connectivity index (χ2v) is 10.1. The zero-order valence-electron chi connectivity index (χ0n) is 17.4. The molecule has 1 aliphatic rings. The van der Waals surface area contributed by atoms with E-state index in [9.17, 15) is 17.9 Å². The second kappa shape index (κ2) is 9.48. The smallest absolute Gasteiger partial charge is 0.264 e. The number of aromatic hydroxyl groups is 1. The molecule has 168 valence electrons. The topological polar surface area (TPSA) is 60.9 Å². The van der Waals surface area contributed by atoms with Crippen molar-refractivity contribution in [2.45, 2.75) is 30.3 Å². The number of nitrogens with zero attached hydrogens (tertiary/aromatic N) is 2. The predicted molar refractivity (Wildman–Crippen MR) is 124 cm³/mol. The van der Waals surface area contributed by atoms with E-state index in [1.54, 1.807) is 24.3 Å². The summed E-state index contributed by atoms with van der Waals surface area (Å²) in [6.07, 6.45) is 1.22. The van der Waals surface area contributed by atoms with Gasteiger partial charge in [-0.05, 0) is 67.4 Å². The van der Waals surface area contributed by atoms with E-state index < -0.39 is 15.8 Å². The van der Waals surface area contributed by atoms with Crippen LogP contribution in [0, 0.1) is 5.82 Å². The maximum absolute atomic E-state index is 13.6. The molecule has 8 heteroatoms. The maximum atomic E-state index is 13.6. The number of phenols is 1. The maximum Gasteiger partial charge on any atom is 0.264 e. The van der Waals surface area contributed by atoms with Gasteiger partial charge in [-0.3, -0.25) is 9.21 Å². The molecule has 1 saturated heterocycles. The van der Waals surface area contributed by atoms with Gasteiger partial charge < -0.3 is 5.11 Å². The van der Waals surface area contributed by atoms with Gasteiger partial charge in [-0.2, -0.15) is 0 Å². The Morgan fingerprint density at radius 2 is 1.59 bits per heavy atom. The SMILES string of the molecule is O=S(=O)(c1ccc(Cl)cc1)N(c1ccc(F)cc1)C1CCN(Cc2ccccc2O)CC1. The summed E-state index contributed by atoms with van der Waals surface area (Å²) >= 11 is 5.94. The van der Waals surface area contributed by atoms with Gasteiger partial charge in [0.15, 0.2) is 0 Å². The molecular weight excluding hydrogens is 451 g/mol. The van der Waals surface area contributed by atoms with Crippen LogP contribution in [0.3, 0.4) is 0 Å². The van der Waals surface area contributed by atoms with Gasteiger partial charge in [0, 0.05) is 36.3 Å². The molecule has 4 rings (SSSR count). The van der Waals surface area contributed by atoms with Gasteiger partial charge in [-0.1, -0.05) is 29.8 Å². The Morgan fingerprint density at radius 3 is 2.22 bits per heavy atom. The third-order valence-electron chi connectivity index (χ3n) is 5.73. The van der Waals surface area contributed by atoms with Crippen LogP contribution in [0.2, 0.25) is 5.02 Å². The summed E-state index contributed by atoms with van der Waals surface area (Å²) in [7, 11) is -3.87. The van der Waals surface area contributed by atoms with E-state index >= 15 is 0 Å². The monoisotopic (exact) mass is 474 g/mol. The fourth-order valence-electron chi connectivity index (χ4n) is 4.05. The van der Waals surface area contributed by atoms with Crippen LogP contribution in [0.5, 0.6) is 5.75 Å². The average molecular weight is 475 g/mol. The number of halogens is 2. The molecule has 3 aromatic carbocycles. The number of hydrogen-bond acceptors (Lipinski definition) is 4. The third-order valence-corrected chi connectivity index (χ3v) is 7.87. The first-order chi connectivity index (χ1) is 15.3. The van der Waals surface area contributed by atoms with Crippen molar-refractivity contribution >= 4 is 27.3 Å². The van der Waals surface area contributed by atoms with Crippen molar-refractivity contribution in [3.63, 3.8) is 0 Å². The lowest BCUT2D eigenvalue weighted by atomic mass is 10.0. The van der Waals surface area contributed by atoms with Crippen LogP contribution in [-0.2, 0) is 16.6 Å². The van der Waals surface area contributed by atoms with Crippen molar-refractivity contribution in [1.82, 2.24) is 4.90 Å². The lowest BCUT2D eigenvalue weighted by Gasteiger charge is -2.39. The van der Waals surface area contributed by atoms with Crippen molar-refractivity contribution in [2.24, 2.45) is 0 Å². The molecule has 32 heavy (non-hydrogen) atoms. The zero-order chi connectivity index (χ0) is 22.7. The van der Waals surface area contributed by atoms with Crippen LogP contribution >= 0.6 is 11.6 Å². The Hall–Kier alpha value is -2.61. The number of anilines is 1. The van der Waals surface area contributed by atoms with Crippen LogP contribution in [0.1, 0.15) is 18.4 Å². The highest BCUT2D eigenvalue weighted by Crippen LogP contribution is 2.32. The minimum absolute atomic E-state index is 0.142. The van der Waals surface area contributed by atoms with Gasteiger partial charge in [0.2, 0.25) is 0 Å². The molecule has 1 fully saturated rings. The fourth-order valence-corrected chi connectivity index (χ4v) is 5.89. The van der Waals surface area contributed by atoms with Crippen LogP contribution < -0.4 is 4.31 Å². The molecule has 5 nitrogen and oxygen atoms in total. The minimum atomic E-state index is -3.87. The van der Waals surface area contributed by atoms with E-state index in [0.717, 1.165) is 5.56 Å². The number of phenolic OH excluding ortho intramolecular Hbond substituents is 1. The van der Waals surface area contributed by atoms with Crippen LogP contribution in [-0.4, -0.2) is 37.6 Å². The molecular formula is C24H24ClFN2O3S. The molecule has 0 amide bonds. The van der Waals surface area contributed by atoms with E-state index in [4.69, 9.17) is 11.6 Å². The Balaban J connectivity index is 1.58. The highest BCUT2D eigenvalue weighted by Gasteiger charge is 2.34. The Labute approximate surface area is 192 Å². The summed E-state index contributed by atoms with van der Waals surface area (Å²) in [5, 5.41) is 10.5. The standard InChI is InChI=1S/C24H24ClFN2O3S/c25-19-5-11-23(12-6-19)32(30,31)28(21-9-7-20(26)8-10-21)22-13-15-27(16-14-22)17-18-3-1-2-4-24(18)29/h1-12,22,29H,13-17H2. The van der Waals surface area contributed by atoms with Gasteiger partial charge in [0.05, 0.1) is 10.6 Å². The molecule has 0 aromatic heterocycles. The largest absolute Gasteiger partial charge is 0.508 e. The number of likely N-dealkylation sites (tertiary alicyclic amines) is 1. The molecule has 0 saturated carbocycles. The highest BCUT2D eigenvalue weighted by atomic mass is 35.5. The number of benzene rings is 3. The summed E-state index contributed by atoms with van der Waals surface area (Å²) in [4.78, 5) is 2.34. The molecule has 1 N–H and O–H groups in total. The van der Waals surface area contributed by atoms with Crippen molar-refractivity contribution in [3.8, 4) is 5.75 Å². The van der Waals surface area contributed by atoms with E-state index in [2.05, 4.69) is 4.90 Å². The normalized spacial score (nSPS) is 15.6. The number of sulfonamides is 1. The highest BCUT2D eigenvalue weighted by molar-refractivity contribution is 7.92. The predicted octanol–water partition coefficient (Wildman–Crippen LogP) is 5.04. The first kappa shape index (κ1) is 22.6. The van der Waals surface area contributed by atoms with Crippen molar-refractivity contribution in [2.75, 3.05) is 17.4 Å². The molecule has 3 aromatic rings. The summed E-state index contributed by atoms with van der Waals surface area (Å²) in [5.74, 6) is -0.164. The molecule has 0 unspecified atom stereocenters. The Morgan fingerprint density at radius 1 is 0.969 bits per heavy atom. The lowest BCUT2D eigenvalue weighted by molar-refractivity contribution is 0.204. The summed E-state index contributed by atoms with van der Waals surface area (Å²) in [6.45, 7) is 1.94. The van der Waals surface area contributed by atoms with Crippen molar-refractivity contribution in [1.29, 1.82) is 0 Å². The van der Waals surface area contributed by atoms with E-state index in [-0.39, 0.29) is 16.7 Å². The molecule has 0 radical (unpaired) electrons. The van der Waals surface area contributed by atoms with E-state index in [1.165, 1.54) is 40.7 Å². The van der Waals surface area contributed by atoms with Crippen LogP contribution in [0.4, 0.5) is 10.1 Å². The molecule has 1 heterocycles. The quantitative estimate of drug-likeness (QED) is 0.543. The van der Waals surface area contributed by atoms with E-state index in [1.807, 2.05) is 12.1 Å². The van der Waals surface area contributed by atoms with Gasteiger partial charge in [-0.25, -0.2) is 12.8 Å². The second-order valence-electron chi connectivity index (χ2n) is 7.87. The third kappa shape index (κ3) is 4.90. The zero-order valence-corrected chi connectivity index (χ0v) is 18.9. The minimum Gasteiger partial charge on any atom is -0.508 e. The Bertz CT molecular complexity index is 1160. The average Bonchev–Trinajstić information content (AvgIpc) is 2.78. The van der Waals surface area contributed by atoms with Gasteiger partial charge in [-0.15, -0.1) is 0 Å². The van der Waals surface area contributed by atoms with Gasteiger partial charge >= 0.3 is 0 Å². The number of rotatable bonds is 6. The summed E-state index contributed by atoms with van der Waals surface area (Å²) in [5.41, 5.74) is 1.27. The molecule has 1 aliphatic heterocycles. The fraction of sp³-hybridized carbons (Fsp3) is 0.250. The first-order valence-corrected chi connectivity index (χ1v) is 12.2. The number of piperidine rings is 1. The molecule has 0 spiro atoms. The van der Waals surface area contributed by atoms with Crippen molar-refractivity contribution < 1.29 is 17.9 Å². The van der Waals surface area contributed by atoms with E-state index in [0.29, 0.717) is 43.2 Å². The summed E-state index contributed by atoms with van der Waals surface area (Å²) < 4.78 is 42.1. The Kier molecular flexibility index (Phi) is 6.69. The van der Waals surface area contributed by atoms with Gasteiger partial charge in [0.1, 0.15) is 11.6 Å². The molecule has 0 atom stereocenters. The summed E-state index contributed by atoms with van der Waals surface area (Å²) in [6, 6.07) is 18.6. The van der Waals surface area contributed by atoms with Crippen molar-refractivity contribution in [3.05, 3.63) is 89.2 Å². The number of para-hydroxylation sites is 1. The number of hydrogen-bond donors (Lipinski definition) is 1. The molecule has 0 aliphatic carbocycles. The lowest BCUT2D eigenvalue weighted by Crippen LogP contribution is -2.47. The van der Waals surface area contributed by atoms with Crippen LogP contribution in [0.15, 0.2) is 77.7 Å². The van der Waals surface area contributed by atoms with Crippen LogP contribution in [0.25, 0.3) is 0 Å².